The predicted octanol–water partition coefficient (Wildman–Crippen LogP) is 3.44. The minimum Gasteiger partial charge on any atom is -0.484 e. The molecule has 0 unspecified atom stereocenters. The van der Waals surface area contributed by atoms with Crippen LogP contribution in [-0.2, 0) is 4.79 Å². The molecule has 0 saturated carbocycles. The number of amides is 1. The third-order valence-electron chi connectivity index (χ3n) is 2.36. The summed E-state index contributed by atoms with van der Waals surface area (Å²) in [4.78, 5) is 11.7. The lowest BCUT2D eigenvalue weighted by Gasteiger charge is -2.05. The number of hydrogen-bond acceptors (Lipinski definition) is 5. The standard InChI is InChI=1S/C13H14BrN3O2S/c1-8(2)12-16-17-13(20-12)15-11(18)7-19-10-5-3-9(14)4-6-10/h3-6,8H,7H2,1-2H3,(H,15,17,18). The molecule has 2 rings (SSSR count). The van der Waals surface area contributed by atoms with Gasteiger partial charge >= 0.3 is 0 Å². The van der Waals surface area contributed by atoms with E-state index in [1.165, 1.54) is 11.3 Å². The van der Waals surface area contributed by atoms with E-state index in [1.807, 2.05) is 26.0 Å². The van der Waals surface area contributed by atoms with Gasteiger partial charge in [-0.05, 0) is 24.3 Å². The minimum absolute atomic E-state index is 0.0573. The molecule has 5 nitrogen and oxygen atoms in total. The Kier molecular flexibility index (Phi) is 5.08. The van der Waals surface area contributed by atoms with E-state index >= 15 is 0 Å². The van der Waals surface area contributed by atoms with Gasteiger partial charge in [-0.15, -0.1) is 10.2 Å². The van der Waals surface area contributed by atoms with Crippen molar-refractivity contribution >= 4 is 38.3 Å². The van der Waals surface area contributed by atoms with Crippen molar-refractivity contribution in [1.82, 2.24) is 10.2 Å². The van der Waals surface area contributed by atoms with E-state index in [9.17, 15) is 4.79 Å². The highest BCUT2D eigenvalue weighted by atomic mass is 79.9. The van der Waals surface area contributed by atoms with E-state index < -0.39 is 0 Å². The number of rotatable bonds is 5. The number of ether oxygens (including phenoxy) is 1. The maximum atomic E-state index is 11.7. The third-order valence-corrected chi connectivity index (χ3v) is 4.03. The van der Waals surface area contributed by atoms with Gasteiger partial charge in [-0.3, -0.25) is 10.1 Å². The molecule has 0 atom stereocenters. The zero-order valence-electron chi connectivity index (χ0n) is 11.1. The van der Waals surface area contributed by atoms with Gasteiger partial charge in [-0.25, -0.2) is 0 Å². The van der Waals surface area contributed by atoms with Crippen LogP contribution < -0.4 is 10.1 Å². The SMILES string of the molecule is CC(C)c1nnc(NC(=O)COc2ccc(Br)cc2)s1. The lowest BCUT2D eigenvalue weighted by atomic mass is 10.2. The number of nitrogens with zero attached hydrogens (tertiary/aromatic N) is 2. The smallest absolute Gasteiger partial charge is 0.264 e. The van der Waals surface area contributed by atoms with Crippen molar-refractivity contribution in [2.75, 3.05) is 11.9 Å². The van der Waals surface area contributed by atoms with Crippen LogP contribution in [-0.4, -0.2) is 22.7 Å². The number of benzene rings is 1. The van der Waals surface area contributed by atoms with Crippen molar-refractivity contribution in [3.63, 3.8) is 0 Å². The molecule has 0 radical (unpaired) electrons. The van der Waals surface area contributed by atoms with Crippen LogP contribution in [0.3, 0.4) is 0 Å². The van der Waals surface area contributed by atoms with Crippen molar-refractivity contribution in [2.24, 2.45) is 0 Å². The molecule has 2 aromatic rings. The Balaban J connectivity index is 1.84. The Bertz CT molecular complexity index is 584. The number of halogens is 1. The van der Waals surface area contributed by atoms with Crippen molar-refractivity contribution < 1.29 is 9.53 Å². The summed E-state index contributed by atoms with van der Waals surface area (Å²) < 4.78 is 6.34. The van der Waals surface area contributed by atoms with E-state index in [4.69, 9.17) is 4.74 Å². The van der Waals surface area contributed by atoms with Gasteiger partial charge in [-0.2, -0.15) is 0 Å². The molecule has 0 fully saturated rings. The van der Waals surface area contributed by atoms with Crippen LogP contribution in [0, 0.1) is 0 Å². The van der Waals surface area contributed by atoms with Crippen LogP contribution in [0.2, 0.25) is 0 Å². The van der Waals surface area contributed by atoms with E-state index in [0.717, 1.165) is 9.48 Å². The van der Waals surface area contributed by atoms with Crippen molar-refractivity contribution in [3.8, 4) is 5.75 Å². The molecule has 1 aromatic carbocycles. The summed E-state index contributed by atoms with van der Waals surface area (Å²) in [5.41, 5.74) is 0. The lowest BCUT2D eigenvalue weighted by Crippen LogP contribution is -2.20. The average Bonchev–Trinajstić information content (AvgIpc) is 2.87. The Morgan fingerprint density at radius 1 is 1.35 bits per heavy atom. The molecule has 1 aromatic heterocycles. The average molecular weight is 356 g/mol. The molecule has 7 heteroatoms. The molecular formula is C13H14BrN3O2S. The van der Waals surface area contributed by atoms with E-state index in [-0.39, 0.29) is 12.5 Å². The first-order valence-corrected chi connectivity index (χ1v) is 7.67. The normalized spacial score (nSPS) is 10.6. The molecule has 1 N–H and O–H groups in total. The van der Waals surface area contributed by atoms with Crippen LogP contribution >= 0.6 is 27.3 Å². The Hall–Kier alpha value is -1.47. The second-order valence-corrected chi connectivity index (χ2v) is 6.32. The van der Waals surface area contributed by atoms with Crippen LogP contribution in [0.4, 0.5) is 5.13 Å². The highest BCUT2D eigenvalue weighted by molar-refractivity contribution is 9.10. The van der Waals surface area contributed by atoms with Gasteiger partial charge in [-0.1, -0.05) is 41.1 Å². The zero-order chi connectivity index (χ0) is 14.5. The van der Waals surface area contributed by atoms with Crippen LogP contribution in [0.25, 0.3) is 0 Å². The number of hydrogen-bond donors (Lipinski definition) is 1. The molecule has 1 amide bonds. The summed E-state index contributed by atoms with van der Waals surface area (Å²) >= 11 is 4.71. The van der Waals surface area contributed by atoms with Gasteiger partial charge in [0.1, 0.15) is 10.8 Å². The number of carbonyl (C=O) groups is 1. The first-order chi connectivity index (χ1) is 9.54. The molecule has 20 heavy (non-hydrogen) atoms. The number of nitrogens with one attached hydrogen (secondary N) is 1. The second kappa shape index (κ2) is 6.81. The maximum Gasteiger partial charge on any atom is 0.264 e. The summed E-state index contributed by atoms with van der Waals surface area (Å²) in [5.74, 6) is 0.694. The fourth-order valence-corrected chi connectivity index (χ4v) is 2.38. The number of anilines is 1. The predicted molar refractivity (Wildman–Crippen MR) is 82.3 cm³/mol. The molecule has 0 aliphatic heterocycles. The quantitative estimate of drug-likeness (QED) is 0.891. The molecule has 0 aliphatic rings. The molecular weight excluding hydrogens is 342 g/mol. The van der Waals surface area contributed by atoms with Crippen molar-refractivity contribution in [2.45, 2.75) is 19.8 Å². The first-order valence-electron chi connectivity index (χ1n) is 6.06. The molecule has 0 spiro atoms. The Labute approximate surface area is 129 Å². The Morgan fingerprint density at radius 2 is 2.05 bits per heavy atom. The highest BCUT2D eigenvalue weighted by Crippen LogP contribution is 2.22. The topological polar surface area (TPSA) is 64.1 Å². The molecule has 106 valence electrons. The van der Waals surface area contributed by atoms with Gasteiger partial charge in [0.05, 0.1) is 0 Å². The largest absolute Gasteiger partial charge is 0.484 e. The van der Waals surface area contributed by atoms with Crippen LogP contribution in [0.1, 0.15) is 24.8 Å². The Morgan fingerprint density at radius 3 is 2.65 bits per heavy atom. The highest BCUT2D eigenvalue weighted by Gasteiger charge is 2.10. The summed E-state index contributed by atoms with van der Waals surface area (Å²) in [6.45, 7) is 4.00. The summed E-state index contributed by atoms with van der Waals surface area (Å²) in [7, 11) is 0. The number of carbonyl (C=O) groups excluding carboxylic acids is 1. The molecule has 1 heterocycles. The fraction of sp³-hybridized carbons (Fsp3) is 0.308. The van der Waals surface area contributed by atoms with Crippen LogP contribution in [0.15, 0.2) is 28.7 Å². The van der Waals surface area contributed by atoms with E-state index in [0.29, 0.717) is 16.8 Å². The summed E-state index contributed by atoms with van der Waals surface area (Å²) in [6.07, 6.45) is 0. The lowest BCUT2D eigenvalue weighted by molar-refractivity contribution is -0.118. The van der Waals surface area contributed by atoms with Crippen molar-refractivity contribution in [3.05, 3.63) is 33.7 Å². The molecule has 0 aliphatic carbocycles. The minimum atomic E-state index is -0.251. The first kappa shape index (κ1) is 14.9. The van der Waals surface area contributed by atoms with Gasteiger partial charge in [0, 0.05) is 10.4 Å². The van der Waals surface area contributed by atoms with Crippen molar-refractivity contribution in [1.29, 1.82) is 0 Å². The van der Waals surface area contributed by atoms with Gasteiger partial charge in [0.25, 0.3) is 5.91 Å². The van der Waals surface area contributed by atoms with Gasteiger partial charge in [0.15, 0.2) is 6.61 Å². The fourth-order valence-electron chi connectivity index (χ4n) is 1.35. The monoisotopic (exact) mass is 355 g/mol. The summed E-state index contributed by atoms with van der Waals surface area (Å²) in [5, 5.41) is 12.0. The summed E-state index contributed by atoms with van der Waals surface area (Å²) in [6, 6.07) is 7.29. The van der Waals surface area contributed by atoms with Crippen LogP contribution in [0.5, 0.6) is 5.75 Å². The van der Waals surface area contributed by atoms with Gasteiger partial charge in [0.2, 0.25) is 5.13 Å². The molecule has 0 saturated heterocycles. The second-order valence-electron chi connectivity index (χ2n) is 4.39. The van der Waals surface area contributed by atoms with E-state index in [1.54, 1.807) is 12.1 Å². The maximum absolute atomic E-state index is 11.7. The third kappa shape index (κ3) is 4.28. The zero-order valence-corrected chi connectivity index (χ0v) is 13.5. The van der Waals surface area contributed by atoms with E-state index in [2.05, 4.69) is 31.4 Å². The van der Waals surface area contributed by atoms with Gasteiger partial charge < -0.3 is 4.74 Å². The molecule has 0 bridgehead atoms. The number of aromatic nitrogens is 2.